The second-order valence-electron chi connectivity index (χ2n) is 5.12. The van der Waals surface area contributed by atoms with Crippen molar-refractivity contribution in [1.29, 1.82) is 0 Å². The van der Waals surface area contributed by atoms with E-state index in [0.29, 0.717) is 5.82 Å². The van der Waals surface area contributed by atoms with Gasteiger partial charge in [0.1, 0.15) is 5.82 Å². The molecule has 0 saturated heterocycles. The van der Waals surface area contributed by atoms with Crippen molar-refractivity contribution in [3.8, 4) is 11.4 Å². The van der Waals surface area contributed by atoms with Crippen molar-refractivity contribution in [3.05, 3.63) is 40.1 Å². The van der Waals surface area contributed by atoms with Gasteiger partial charge in [-0.3, -0.25) is 0 Å². The van der Waals surface area contributed by atoms with Crippen LogP contribution in [0.4, 0.5) is 5.82 Å². The molecule has 1 aliphatic rings. The summed E-state index contributed by atoms with van der Waals surface area (Å²) in [6.45, 7) is 6.33. The lowest BCUT2D eigenvalue weighted by Crippen LogP contribution is -2.04. The first-order chi connectivity index (χ1) is 9.06. The Morgan fingerprint density at radius 2 is 1.74 bits per heavy atom. The van der Waals surface area contributed by atoms with Gasteiger partial charge in [0.25, 0.3) is 0 Å². The molecule has 0 bridgehead atoms. The Hall–Kier alpha value is -1.55. The third kappa shape index (κ3) is 2.10. The van der Waals surface area contributed by atoms with Gasteiger partial charge in [-0.25, -0.2) is 9.97 Å². The molecule has 0 aliphatic carbocycles. The van der Waals surface area contributed by atoms with E-state index in [4.69, 9.17) is 10.7 Å². The number of nitrogens with two attached hydrogens (primary N) is 1. The van der Waals surface area contributed by atoms with Gasteiger partial charge >= 0.3 is 0 Å². The van der Waals surface area contributed by atoms with Gasteiger partial charge in [-0.1, -0.05) is 17.7 Å². The van der Waals surface area contributed by atoms with E-state index in [1.807, 2.05) is 11.8 Å². The summed E-state index contributed by atoms with van der Waals surface area (Å²) in [7, 11) is 0. The van der Waals surface area contributed by atoms with Crippen molar-refractivity contribution in [2.24, 2.45) is 0 Å². The second-order valence-corrected chi connectivity index (χ2v) is 6.11. The molecule has 19 heavy (non-hydrogen) atoms. The summed E-state index contributed by atoms with van der Waals surface area (Å²) >= 11 is 1.85. The van der Waals surface area contributed by atoms with Gasteiger partial charge in [-0.15, -0.1) is 0 Å². The second kappa shape index (κ2) is 4.53. The van der Waals surface area contributed by atoms with Crippen molar-refractivity contribution in [2.45, 2.75) is 32.3 Å². The molecule has 0 amide bonds. The minimum Gasteiger partial charge on any atom is -0.383 e. The van der Waals surface area contributed by atoms with Crippen LogP contribution in [0.2, 0.25) is 0 Å². The van der Waals surface area contributed by atoms with E-state index < -0.39 is 0 Å². The number of hydrogen-bond acceptors (Lipinski definition) is 4. The van der Waals surface area contributed by atoms with Gasteiger partial charge in [0.15, 0.2) is 5.82 Å². The fraction of sp³-hybridized carbons (Fsp3) is 0.333. The third-order valence-corrected chi connectivity index (χ3v) is 4.48. The van der Waals surface area contributed by atoms with Crippen molar-refractivity contribution < 1.29 is 0 Å². The van der Waals surface area contributed by atoms with Crippen molar-refractivity contribution >= 4 is 17.6 Å². The Labute approximate surface area is 117 Å². The first kappa shape index (κ1) is 12.5. The highest BCUT2D eigenvalue weighted by molar-refractivity contribution is 7.98. The average Bonchev–Trinajstić information content (AvgIpc) is 2.76. The summed E-state index contributed by atoms with van der Waals surface area (Å²) < 4.78 is 0. The van der Waals surface area contributed by atoms with Gasteiger partial charge in [0.2, 0.25) is 0 Å². The number of fused-ring (bicyclic) bond motifs is 1. The molecule has 98 valence electrons. The molecule has 2 aromatic rings. The summed E-state index contributed by atoms with van der Waals surface area (Å²) in [5.74, 6) is 3.30. The van der Waals surface area contributed by atoms with E-state index in [0.717, 1.165) is 34.2 Å². The van der Waals surface area contributed by atoms with E-state index in [1.54, 1.807) is 0 Å². The van der Waals surface area contributed by atoms with E-state index in [9.17, 15) is 0 Å². The fourth-order valence-corrected chi connectivity index (χ4v) is 3.77. The molecule has 1 aromatic heterocycles. The predicted octanol–water partition coefficient (Wildman–Crippen LogP) is 3.40. The quantitative estimate of drug-likeness (QED) is 0.863. The summed E-state index contributed by atoms with van der Waals surface area (Å²) in [4.78, 5) is 9.24. The predicted molar refractivity (Wildman–Crippen MR) is 81.1 cm³/mol. The van der Waals surface area contributed by atoms with Crippen molar-refractivity contribution in [3.63, 3.8) is 0 Å². The van der Waals surface area contributed by atoms with E-state index in [-0.39, 0.29) is 0 Å². The number of hydrogen-bond donors (Lipinski definition) is 1. The van der Waals surface area contributed by atoms with Gasteiger partial charge in [-0.2, -0.15) is 11.8 Å². The molecule has 1 aromatic carbocycles. The number of aromatic nitrogens is 2. The zero-order valence-electron chi connectivity index (χ0n) is 11.4. The molecule has 0 spiro atoms. The van der Waals surface area contributed by atoms with Gasteiger partial charge < -0.3 is 5.73 Å². The van der Waals surface area contributed by atoms with E-state index >= 15 is 0 Å². The molecule has 3 rings (SSSR count). The monoisotopic (exact) mass is 271 g/mol. The molecule has 0 atom stereocenters. The topological polar surface area (TPSA) is 51.8 Å². The van der Waals surface area contributed by atoms with E-state index in [2.05, 4.69) is 37.9 Å². The molecule has 0 saturated carbocycles. The normalized spacial score (nSPS) is 13.6. The number of benzene rings is 1. The highest BCUT2D eigenvalue weighted by Crippen LogP contribution is 2.34. The first-order valence-corrected chi connectivity index (χ1v) is 7.53. The SMILES string of the molecule is Cc1cc(C)c(-c2nc(N)c3c(n2)CSC3)c(C)c1. The Morgan fingerprint density at radius 1 is 1.05 bits per heavy atom. The number of rotatable bonds is 1. The van der Waals surface area contributed by atoms with Crippen LogP contribution in [-0.2, 0) is 11.5 Å². The molecule has 1 aliphatic heterocycles. The summed E-state index contributed by atoms with van der Waals surface area (Å²) in [5, 5.41) is 0. The van der Waals surface area contributed by atoms with Gasteiger partial charge in [-0.05, 0) is 31.9 Å². The fourth-order valence-electron chi connectivity index (χ4n) is 2.72. The third-order valence-electron chi connectivity index (χ3n) is 3.51. The maximum atomic E-state index is 6.08. The number of thioether (sulfide) groups is 1. The van der Waals surface area contributed by atoms with Gasteiger partial charge in [0, 0.05) is 22.6 Å². The van der Waals surface area contributed by atoms with Crippen LogP contribution < -0.4 is 5.73 Å². The molecular formula is C15H17N3S. The lowest BCUT2D eigenvalue weighted by molar-refractivity contribution is 1.07. The summed E-state index contributed by atoms with van der Waals surface area (Å²) in [6.07, 6.45) is 0. The van der Waals surface area contributed by atoms with Crippen LogP contribution in [0.1, 0.15) is 27.9 Å². The largest absolute Gasteiger partial charge is 0.383 e. The number of anilines is 1. The van der Waals surface area contributed by atoms with Crippen LogP contribution in [0.5, 0.6) is 0 Å². The highest BCUT2D eigenvalue weighted by atomic mass is 32.2. The molecule has 4 heteroatoms. The number of nitrogens with zero attached hydrogens (tertiary/aromatic N) is 2. The maximum Gasteiger partial charge on any atom is 0.162 e. The number of aryl methyl sites for hydroxylation is 3. The Morgan fingerprint density at radius 3 is 2.42 bits per heavy atom. The van der Waals surface area contributed by atoms with Crippen molar-refractivity contribution in [1.82, 2.24) is 9.97 Å². The summed E-state index contributed by atoms with van der Waals surface area (Å²) in [6, 6.07) is 4.34. The maximum absolute atomic E-state index is 6.08. The Balaban J connectivity index is 2.21. The van der Waals surface area contributed by atoms with Crippen LogP contribution in [0.3, 0.4) is 0 Å². The van der Waals surface area contributed by atoms with Gasteiger partial charge in [0.05, 0.1) is 5.69 Å². The lowest BCUT2D eigenvalue weighted by Gasteiger charge is -2.12. The molecule has 0 radical (unpaired) electrons. The lowest BCUT2D eigenvalue weighted by atomic mass is 9.99. The molecule has 2 N–H and O–H groups in total. The minimum atomic E-state index is 0.643. The molecule has 3 nitrogen and oxygen atoms in total. The molecule has 0 unspecified atom stereocenters. The van der Waals surface area contributed by atoms with E-state index in [1.165, 1.54) is 16.7 Å². The average molecular weight is 271 g/mol. The van der Waals surface area contributed by atoms with Crippen LogP contribution in [0.15, 0.2) is 12.1 Å². The zero-order valence-corrected chi connectivity index (χ0v) is 12.3. The molecular weight excluding hydrogens is 254 g/mol. The highest BCUT2D eigenvalue weighted by Gasteiger charge is 2.20. The van der Waals surface area contributed by atoms with Crippen LogP contribution in [-0.4, -0.2) is 9.97 Å². The zero-order chi connectivity index (χ0) is 13.6. The summed E-state index contributed by atoms with van der Waals surface area (Å²) in [5.41, 5.74) is 13.1. The number of nitrogen functional groups attached to an aromatic ring is 1. The van der Waals surface area contributed by atoms with Crippen LogP contribution in [0.25, 0.3) is 11.4 Å². The smallest absolute Gasteiger partial charge is 0.162 e. The minimum absolute atomic E-state index is 0.643. The molecule has 2 heterocycles. The Kier molecular flexibility index (Phi) is 2.97. The Bertz CT molecular complexity index is 642. The van der Waals surface area contributed by atoms with Crippen molar-refractivity contribution in [2.75, 3.05) is 5.73 Å². The van der Waals surface area contributed by atoms with Crippen LogP contribution in [0, 0.1) is 20.8 Å². The first-order valence-electron chi connectivity index (χ1n) is 6.37. The standard InChI is InChI=1S/C15H17N3S/c1-8-4-9(2)13(10(3)5-8)15-17-12-7-19-6-11(12)14(16)18-15/h4-5H,6-7H2,1-3H3,(H2,16,17,18). The molecule has 0 fully saturated rings. The van der Waals surface area contributed by atoms with Crippen LogP contribution >= 0.6 is 11.8 Å².